The molecule has 0 aromatic carbocycles. The van der Waals surface area contributed by atoms with E-state index in [1.54, 1.807) is 12.4 Å². The van der Waals surface area contributed by atoms with Crippen molar-refractivity contribution in [2.24, 2.45) is 11.3 Å². The van der Waals surface area contributed by atoms with Crippen LogP contribution in [0.2, 0.25) is 10.0 Å². The Morgan fingerprint density at radius 1 is 1.08 bits per heavy atom. The van der Waals surface area contributed by atoms with E-state index in [1.807, 2.05) is 13.1 Å². The maximum atomic E-state index is 12.0. The molecule has 206 valence electrons. The molecule has 1 spiro atoms. The summed E-state index contributed by atoms with van der Waals surface area (Å²) < 4.78 is 30.5. The number of pyridine rings is 2. The summed E-state index contributed by atoms with van der Waals surface area (Å²) in [6, 6.07) is 4.84. The van der Waals surface area contributed by atoms with Gasteiger partial charge in [0.2, 0.25) is 0 Å². The highest BCUT2D eigenvalue weighted by molar-refractivity contribution is 7.91. The lowest BCUT2D eigenvalue weighted by Crippen LogP contribution is -2.41. The first-order valence-electron chi connectivity index (χ1n) is 13.6. The first-order chi connectivity index (χ1) is 18.2. The largest absolute Gasteiger partial charge is 0.370 e. The van der Waals surface area contributed by atoms with Gasteiger partial charge in [-0.05, 0) is 68.4 Å². The Kier molecular flexibility index (Phi) is 7.37. The van der Waals surface area contributed by atoms with Crippen molar-refractivity contribution in [3.63, 3.8) is 0 Å². The van der Waals surface area contributed by atoms with Gasteiger partial charge in [0.25, 0.3) is 0 Å². The van der Waals surface area contributed by atoms with Crippen molar-refractivity contribution in [2.45, 2.75) is 69.7 Å². The van der Waals surface area contributed by atoms with Gasteiger partial charge in [0.15, 0.2) is 9.84 Å². The zero-order chi connectivity index (χ0) is 26.5. The Hall–Kier alpha value is -1.49. The van der Waals surface area contributed by atoms with Crippen LogP contribution in [-0.4, -0.2) is 55.1 Å². The van der Waals surface area contributed by atoms with Crippen molar-refractivity contribution < 1.29 is 13.2 Å². The molecule has 2 aromatic heterocycles. The average Bonchev–Trinajstić information content (AvgIpc) is 3.44. The van der Waals surface area contributed by atoms with Gasteiger partial charge in [-0.25, -0.2) is 18.8 Å². The Bertz CT molecular complexity index is 1250. The van der Waals surface area contributed by atoms with Crippen LogP contribution in [-0.2, 0) is 14.6 Å². The molecule has 4 unspecified atom stereocenters. The van der Waals surface area contributed by atoms with Crippen molar-refractivity contribution in [3.05, 3.63) is 51.9 Å². The number of fused-ring (bicyclic) bond motifs is 1. The van der Waals surface area contributed by atoms with Gasteiger partial charge in [-0.3, -0.25) is 10.4 Å². The number of ether oxygens (including phenoxy) is 1. The number of hydrogen-bond donors (Lipinski definition) is 2. The molecule has 2 aromatic rings. The molecule has 38 heavy (non-hydrogen) atoms. The van der Waals surface area contributed by atoms with E-state index in [4.69, 9.17) is 32.9 Å². The molecule has 2 N–H and O–H groups in total. The van der Waals surface area contributed by atoms with Crippen LogP contribution in [0.5, 0.6) is 0 Å². The van der Waals surface area contributed by atoms with Gasteiger partial charge >= 0.3 is 0 Å². The van der Waals surface area contributed by atoms with E-state index >= 15 is 0 Å². The number of hydrogen-bond acceptors (Lipinski definition) is 8. The summed E-state index contributed by atoms with van der Waals surface area (Å²) in [5, 5.41) is 1.06. The van der Waals surface area contributed by atoms with Crippen LogP contribution in [0.25, 0.3) is 0 Å². The Morgan fingerprint density at radius 2 is 1.84 bits per heavy atom. The highest BCUT2D eigenvalue weighted by Gasteiger charge is 2.44. The minimum atomic E-state index is -2.86. The van der Waals surface area contributed by atoms with Gasteiger partial charge in [0.05, 0.1) is 39.8 Å². The van der Waals surface area contributed by atoms with E-state index in [1.165, 1.54) is 0 Å². The fourth-order valence-electron chi connectivity index (χ4n) is 6.99. The molecular weight excluding hydrogens is 545 g/mol. The number of aromatic nitrogens is 2. The van der Waals surface area contributed by atoms with Gasteiger partial charge in [0.1, 0.15) is 5.82 Å². The zero-order valence-corrected chi connectivity index (χ0v) is 23.9. The lowest BCUT2D eigenvalue weighted by molar-refractivity contribution is -0.0370. The SMILES string of the molecule is C[C@@H](OC1CCC2NNC(c3ccc(N4CCC5(CC4)CCS(=O)(=O)C5)nc3)C2C1)c1c(Cl)cncc1Cl. The fourth-order valence-corrected chi connectivity index (χ4v) is 9.92. The van der Waals surface area contributed by atoms with Gasteiger partial charge in [0, 0.05) is 43.3 Å². The molecule has 8 nitrogen and oxygen atoms in total. The minimum absolute atomic E-state index is 0.0190. The van der Waals surface area contributed by atoms with E-state index in [-0.39, 0.29) is 23.7 Å². The molecule has 4 fully saturated rings. The number of rotatable bonds is 5. The van der Waals surface area contributed by atoms with Crippen LogP contribution in [0.4, 0.5) is 5.82 Å². The lowest BCUT2D eigenvalue weighted by Gasteiger charge is -2.39. The molecule has 0 radical (unpaired) electrons. The van der Waals surface area contributed by atoms with Crippen molar-refractivity contribution in [1.29, 1.82) is 0 Å². The molecule has 6 rings (SSSR count). The van der Waals surface area contributed by atoms with Crippen LogP contribution in [0, 0.1) is 11.3 Å². The van der Waals surface area contributed by atoms with Gasteiger partial charge in [-0.2, -0.15) is 0 Å². The minimum Gasteiger partial charge on any atom is -0.370 e. The quantitative estimate of drug-likeness (QED) is 0.528. The van der Waals surface area contributed by atoms with E-state index in [9.17, 15) is 8.42 Å². The van der Waals surface area contributed by atoms with Crippen molar-refractivity contribution >= 4 is 38.9 Å². The molecule has 11 heteroatoms. The topological polar surface area (TPSA) is 96.5 Å². The van der Waals surface area contributed by atoms with Crippen LogP contribution < -0.4 is 15.8 Å². The standard InChI is InChI=1S/C27H35Cl2N5O3S/c1-17(25-21(28)14-30-15-22(25)29)37-19-3-4-23-20(12-19)26(33-32-23)18-2-5-24(31-13-18)34-9-6-27(7-10-34)8-11-38(35,36)16-27/h2,5,13-15,17,19-20,23,26,32-33H,3-4,6-12,16H2,1H3/t17-,19?,20?,23?,26?/m1/s1. The molecule has 0 amide bonds. The third-order valence-electron chi connectivity index (χ3n) is 9.14. The number of hydrazine groups is 1. The molecule has 1 saturated carbocycles. The molecule has 4 aliphatic rings. The summed E-state index contributed by atoms with van der Waals surface area (Å²) in [5.74, 6) is 2.06. The Balaban J connectivity index is 1.08. The van der Waals surface area contributed by atoms with Gasteiger partial charge in [-0.15, -0.1) is 0 Å². The smallest absolute Gasteiger partial charge is 0.150 e. The highest BCUT2D eigenvalue weighted by Crippen LogP contribution is 2.43. The van der Waals surface area contributed by atoms with Crippen LogP contribution in [0.15, 0.2) is 30.7 Å². The summed E-state index contributed by atoms with van der Waals surface area (Å²) in [4.78, 5) is 11.2. The summed E-state index contributed by atoms with van der Waals surface area (Å²) in [5.41, 5.74) is 8.95. The fraction of sp³-hybridized carbons (Fsp3) is 0.630. The zero-order valence-electron chi connectivity index (χ0n) is 21.6. The lowest BCUT2D eigenvalue weighted by atomic mass is 9.78. The van der Waals surface area contributed by atoms with Gasteiger partial charge in [-0.1, -0.05) is 29.3 Å². The molecule has 3 aliphatic heterocycles. The Morgan fingerprint density at radius 3 is 2.50 bits per heavy atom. The number of nitrogens with one attached hydrogen (secondary N) is 2. The highest BCUT2D eigenvalue weighted by atomic mass is 35.5. The summed E-state index contributed by atoms with van der Waals surface area (Å²) in [7, 11) is -2.86. The maximum Gasteiger partial charge on any atom is 0.150 e. The number of nitrogens with zero attached hydrogens (tertiary/aromatic N) is 3. The van der Waals surface area contributed by atoms with Crippen LogP contribution >= 0.6 is 23.2 Å². The monoisotopic (exact) mass is 579 g/mol. The molecule has 5 atom stereocenters. The molecule has 5 heterocycles. The first kappa shape index (κ1) is 26.7. The second-order valence-electron chi connectivity index (χ2n) is 11.5. The third-order valence-corrected chi connectivity index (χ3v) is 11.6. The molecular formula is C27H35Cl2N5O3S. The summed E-state index contributed by atoms with van der Waals surface area (Å²) >= 11 is 12.7. The number of sulfone groups is 1. The second-order valence-corrected chi connectivity index (χ2v) is 14.5. The maximum absolute atomic E-state index is 12.0. The third kappa shape index (κ3) is 5.30. The first-order valence-corrected chi connectivity index (χ1v) is 16.2. The van der Waals surface area contributed by atoms with E-state index < -0.39 is 9.84 Å². The molecule has 0 bridgehead atoms. The normalized spacial score (nSPS) is 30.9. The van der Waals surface area contributed by atoms with Gasteiger partial charge < -0.3 is 9.64 Å². The van der Waals surface area contributed by atoms with E-state index in [0.29, 0.717) is 33.5 Å². The average molecular weight is 581 g/mol. The number of halogens is 2. The number of anilines is 1. The Labute approximate surface area is 234 Å². The van der Waals surface area contributed by atoms with E-state index in [2.05, 4.69) is 32.9 Å². The van der Waals surface area contributed by atoms with Crippen LogP contribution in [0.3, 0.4) is 0 Å². The van der Waals surface area contributed by atoms with Crippen LogP contribution in [0.1, 0.15) is 68.7 Å². The second kappa shape index (κ2) is 10.5. The molecule has 1 aliphatic carbocycles. The van der Waals surface area contributed by atoms with Crippen molar-refractivity contribution in [2.75, 3.05) is 29.5 Å². The van der Waals surface area contributed by atoms with Crippen molar-refractivity contribution in [1.82, 2.24) is 20.8 Å². The predicted octanol–water partition coefficient (Wildman–Crippen LogP) is 4.65. The number of piperidine rings is 1. The van der Waals surface area contributed by atoms with Crippen molar-refractivity contribution in [3.8, 4) is 0 Å². The van der Waals surface area contributed by atoms with E-state index in [0.717, 1.165) is 68.6 Å². The summed E-state index contributed by atoms with van der Waals surface area (Å²) in [6.07, 6.45) is 10.7. The summed E-state index contributed by atoms with van der Waals surface area (Å²) in [6.45, 7) is 3.72. The predicted molar refractivity (Wildman–Crippen MR) is 149 cm³/mol. The molecule has 3 saturated heterocycles.